The lowest BCUT2D eigenvalue weighted by Crippen LogP contribution is -2.52. The molecule has 2 aromatic carbocycles. The number of fused-ring (bicyclic) bond motifs is 2. The van der Waals surface area contributed by atoms with Crippen LogP contribution < -0.4 is 22.0 Å². The predicted octanol–water partition coefficient (Wildman–Crippen LogP) is 6.40. The lowest BCUT2D eigenvalue weighted by atomic mass is 10.0. The molecule has 7 rings (SSSR count). The van der Waals surface area contributed by atoms with E-state index in [9.17, 15) is 0 Å². The number of anilines is 6. The second-order valence-corrected chi connectivity index (χ2v) is 14.7. The number of methoxy groups -OCH3 is 1. The Morgan fingerprint density at radius 2 is 1.71 bits per heavy atom. The first kappa shape index (κ1) is 33.9. The summed E-state index contributed by atoms with van der Waals surface area (Å²) in [7, 11) is 8.01. The normalized spacial score (nSPS) is 16.4. The van der Waals surface area contributed by atoms with E-state index < -0.39 is 0 Å². The number of nitrogens with one attached hydrogen (secondary N) is 1. The largest absolute Gasteiger partial charge is 0.494 e. The van der Waals surface area contributed by atoms with Crippen molar-refractivity contribution in [3.8, 4) is 5.75 Å². The highest BCUT2D eigenvalue weighted by Crippen LogP contribution is 2.44. The standard InChI is InChI=1S/C35H44IN11OS/c1-23-21-29(30(48-5)22-28(23)46-15-10-24(11-16-46)45-19-17-42(2)18-20-45)43(3)35-40-33-25(9-12-39-33)34(41-35)47(36)27-8-7-26-31(38-14-13-37-26)32(27)44(4)49-6/h7-9,12-14,21-22,24H,10-11,15-20H2,1-6H3,(H,39,40,41). The minimum Gasteiger partial charge on any atom is -0.494 e. The van der Waals surface area contributed by atoms with E-state index in [0.717, 1.165) is 63.8 Å². The molecule has 258 valence electrons. The molecule has 14 heteroatoms. The minimum atomic E-state index is 0.561. The summed E-state index contributed by atoms with van der Waals surface area (Å²) in [6.45, 7) is 8.97. The summed E-state index contributed by atoms with van der Waals surface area (Å²) in [6.07, 6.45) is 9.79. The highest BCUT2D eigenvalue weighted by molar-refractivity contribution is 14.1. The molecule has 2 aliphatic heterocycles. The van der Waals surface area contributed by atoms with E-state index in [0.29, 0.717) is 12.0 Å². The van der Waals surface area contributed by atoms with Crippen LogP contribution in [0.5, 0.6) is 5.75 Å². The van der Waals surface area contributed by atoms with E-state index in [2.05, 4.69) is 93.4 Å². The lowest BCUT2D eigenvalue weighted by Gasteiger charge is -2.43. The monoisotopic (exact) mass is 793 g/mol. The van der Waals surface area contributed by atoms with E-state index >= 15 is 0 Å². The number of halogens is 1. The summed E-state index contributed by atoms with van der Waals surface area (Å²) in [4.78, 5) is 32.4. The molecule has 49 heavy (non-hydrogen) atoms. The molecule has 0 radical (unpaired) electrons. The zero-order chi connectivity index (χ0) is 34.2. The molecule has 0 amide bonds. The van der Waals surface area contributed by atoms with Crippen LogP contribution in [-0.4, -0.2) is 115 Å². The Morgan fingerprint density at radius 3 is 2.45 bits per heavy atom. The maximum atomic E-state index is 6.04. The molecule has 0 unspecified atom stereocenters. The minimum absolute atomic E-state index is 0.561. The number of H-pyrrole nitrogens is 1. The second kappa shape index (κ2) is 14.3. The van der Waals surface area contributed by atoms with Gasteiger partial charge in [0.05, 0.1) is 57.9 Å². The Hall–Kier alpha value is -3.60. The molecule has 0 spiro atoms. The number of nitrogens with zero attached hydrogens (tertiary/aromatic N) is 10. The summed E-state index contributed by atoms with van der Waals surface area (Å²) >= 11 is 3.96. The van der Waals surface area contributed by atoms with Crippen LogP contribution in [0.2, 0.25) is 0 Å². The number of hydrogen-bond acceptors (Lipinski definition) is 12. The van der Waals surface area contributed by atoms with Crippen molar-refractivity contribution >= 4 is 91.4 Å². The fourth-order valence-corrected chi connectivity index (χ4v) is 8.21. The summed E-state index contributed by atoms with van der Waals surface area (Å²) in [6, 6.07) is 11.2. The molecule has 2 fully saturated rings. The Labute approximate surface area is 306 Å². The number of piperidine rings is 1. The third-order valence-corrected chi connectivity index (χ3v) is 11.7. The van der Waals surface area contributed by atoms with Gasteiger partial charge in [0.15, 0.2) is 5.82 Å². The lowest BCUT2D eigenvalue weighted by molar-refractivity contribution is 0.0982. The van der Waals surface area contributed by atoms with Crippen LogP contribution in [0.1, 0.15) is 18.4 Å². The average molecular weight is 794 g/mol. The van der Waals surface area contributed by atoms with E-state index in [4.69, 9.17) is 19.7 Å². The fraction of sp³-hybridized carbons (Fsp3) is 0.429. The van der Waals surface area contributed by atoms with Crippen LogP contribution in [0.25, 0.3) is 22.1 Å². The van der Waals surface area contributed by atoms with Gasteiger partial charge in [-0.2, -0.15) is 9.97 Å². The summed E-state index contributed by atoms with van der Waals surface area (Å²) < 4.78 is 10.2. The predicted molar refractivity (Wildman–Crippen MR) is 212 cm³/mol. The van der Waals surface area contributed by atoms with Gasteiger partial charge in [0, 0.05) is 96.0 Å². The molecule has 5 heterocycles. The molecule has 1 N–H and O–H groups in total. The number of rotatable bonds is 9. The first-order valence-corrected chi connectivity index (χ1v) is 18.8. The number of aryl methyl sites for hydroxylation is 1. The van der Waals surface area contributed by atoms with Crippen LogP contribution in [0.4, 0.5) is 34.5 Å². The summed E-state index contributed by atoms with van der Waals surface area (Å²) in [5.41, 5.74) is 7.70. The number of aromatic nitrogens is 5. The summed E-state index contributed by atoms with van der Waals surface area (Å²) in [5, 5.41) is 0.919. The van der Waals surface area contributed by atoms with Crippen LogP contribution in [0, 0.1) is 6.92 Å². The van der Waals surface area contributed by atoms with Gasteiger partial charge >= 0.3 is 0 Å². The molecule has 0 atom stereocenters. The van der Waals surface area contributed by atoms with Gasteiger partial charge in [-0.3, -0.25) is 18.0 Å². The number of ether oxygens (including phenoxy) is 1. The molecule has 5 aromatic rings. The van der Waals surface area contributed by atoms with Crippen molar-refractivity contribution in [2.24, 2.45) is 0 Å². The van der Waals surface area contributed by atoms with Crippen molar-refractivity contribution in [3.05, 3.63) is 54.5 Å². The third kappa shape index (κ3) is 6.55. The first-order chi connectivity index (χ1) is 23.8. The molecule has 2 aliphatic rings. The topological polar surface area (TPSA) is 96.0 Å². The van der Waals surface area contributed by atoms with Crippen LogP contribution >= 0.6 is 34.8 Å². The average Bonchev–Trinajstić information content (AvgIpc) is 3.62. The second-order valence-electron chi connectivity index (χ2n) is 12.8. The van der Waals surface area contributed by atoms with Crippen molar-refractivity contribution < 1.29 is 4.74 Å². The maximum Gasteiger partial charge on any atom is 0.233 e. The Kier molecular flexibility index (Phi) is 9.91. The molecule has 12 nitrogen and oxygen atoms in total. The number of benzene rings is 2. The van der Waals surface area contributed by atoms with Crippen molar-refractivity contribution in [3.63, 3.8) is 0 Å². The van der Waals surface area contributed by atoms with E-state index in [1.807, 2.05) is 37.3 Å². The number of piperazine rings is 1. The number of hydrogen-bond donors (Lipinski definition) is 1. The maximum absolute atomic E-state index is 6.04. The number of aromatic amines is 1. The van der Waals surface area contributed by atoms with Crippen LogP contribution in [-0.2, 0) is 0 Å². The van der Waals surface area contributed by atoms with Crippen LogP contribution in [0.15, 0.2) is 48.9 Å². The van der Waals surface area contributed by atoms with Crippen molar-refractivity contribution in [1.82, 2.24) is 34.7 Å². The van der Waals surface area contributed by atoms with E-state index in [1.165, 1.54) is 50.3 Å². The molecular weight excluding hydrogens is 749 g/mol. The molecular formula is C35H44IN11OS. The van der Waals surface area contributed by atoms with Gasteiger partial charge in [0.25, 0.3) is 0 Å². The Balaban J connectivity index is 1.19. The molecule has 0 bridgehead atoms. The van der Waals surface area contributed by atoms with Crippen molar-refractivity contribution in [1.29, 1.82) is 0 Å². The Bertz CT molecular complexity index is 1940. The van der Waals surface area contributed by atoms with Gasteiger partial charge in [0.1, 0.15) is 16.9 Å². The van der Waals surface area contributed by atoms with Gasteiger partial charge < -0.3 is 28.7 Å². The molecule has 3 aromatic heterocycles. The quantitative estimate of drug-likeness (QED) is 0.102. The van der Waals surface area contributed by atoms with Gasteiger partial charge in [0.2, 0.25) is 5.95 Å². The molecule has 0 aliphatic carbocycles. The van der Waals surface area contributed by atoms with Crippen LogP contribution in [0.3, 0.4) is 0 Å². The van der Waals surface area contributed by atoms with E-state index in [1.54, 1.807) is 31.5 Å². The number of likely N-dealkylation sites (N-methyl/N-ethyl adjacent to an activating group) is 1. The smallest absolute Gasteiger partial charge is 0.233 e. The van der Waals surface area contributed by atoms with E-state index in [-0.39, 0.29) is 0 Å². The van der Waals surface area contributed by atoms with Gasteiger partial charge in [-0.05, 0) is 56.6 Å². The van der Waals surface area contributed by atoms with Gasteiger partial charge in [-0.25, -0.2) is 0 Å². The highest BCUT2D eigenvalue weighted by Gasteiger charge is 2.29. The zero-order valence-corrected chi connectivity index (χ0v) is 32.0. The SMILES string of the molecule is COc1cc(N2CCC(N3CCN(C)CC3)CC2)c(C)cc1N(C)c1nc(N(I)c2ccc3nccnc3c2N(C)SC)c2cc[nH]c2n1. The zero-order valence-electron chi connectivity index (χ0n) is 29.0. The Morgan fingerprint density at radius 1 is 0.959 bits per heavy atom. The molecule has 0 saturated carbocycles. The van der Waals surface area contributed by atoms with Gasteiger partial charge in [-0.15, -0.1) is 0 Å². The molecule has 2 saturated heterocycles. The highest BCUT2D eigenvalue weighted by atomic mass is 127. The first-order valence-electron chi connectivity index (χ1n) is 16.7. The van der Waals surface area contributed by atoms with Crippen molar-refractivity contribution in [2.45, 2.75) is 25.8 Å². The fourth-order valence-electron chi connectivity index (χ4n) is 7.09. The third-order valence-electron chi connectivity index (χ3n) is 9.98. The van der Waals surface area contributed by atoms with Crippen molar-refractivity contribution in [2.75, 3.05) is 91.0 Å². The summed E-state index contributed by atoms with van der Waals surface area (Å²) in [5.74, 6) is 2.12. The van der Waals surface area contributed by atoms with Gasteiger partial charge in [-0.1, -0.05) is 11.9 Å².